The number of carbonyl (C=O) groups is 1. The molecule has 0 N–H and O–H groups in total. The first kappa shape index (κ1) is 18.2. The summed E-state index contributed by atoms with van der Waals surface area (Å²) in [6.45, 7) is 2.33. The molecule has 0 fully saturated rings. The summed E-state index contributed by atoms with van der Waals surface area (Å²) in [6.07, 6.45) is 1.60. The summed E-state index contributed by atoms with van der Waals surface area (Å²) in [7, 11) is 1.64. The van der Waals surface area contributed by atoms with Crippen molar-refractivity contribution in [3.8, 4) is 0 Å². The van der Waals surface area contributed by atoms with Gasteiger partial charge in [-0.2, -0.15) is 0 Å². The summed E-state index contributed by atoms with van der Waals surface area (Å²) in [6, 6.07) is 15.7. The van der Waals surface area contributed by atoms with Crippen molar-refractivity contribution in [3.05, 3.63) is 87.7 Å². The Hall–Kier alpha value is -3.55. The van der Waals surface area contributed by atoms with Gasteiger partial charge in [0.05, 0.1) is 23.7 Å². The summed E-state index contributed by atoms with van der Waals surface area (Å²) in [5.41, 5.74) is 1.95. The van der Waals surface area contributed by atoms with Crippen LogP contribution in [0, 0.1) is 10.1 Å². The minimum atomic E-state index is -0.451. The van der Waals surface area contributed by atoms with Crippen LogP contribution in [-0.4, -0.2) is 37.8 Å². The van der Waals surface area contributed by atoms with Crippen LogP contribution in [0.3, 0.4) is 0 Å². The van der Waals surface area contributed by atoms with E-state index in [1.54, 1.807) is 30.1 Å². The van der Waals surface area contributed by atoms with Crippen LogP contribution in [0.4, 0.5) is 5.69 Å². The summed E-state index contributed by atoms with van der Waals surface area (Å²) in [4.78, 5) is 24.7. The van der Waals surface area contributed by atoms with Gasteiger partial charge < -0.3 is 4.90 Å². The number of benzene rings is 2. The van der Waals surface area contributed by atoms with Crippen LogP contribution in [0.5, 0.6) is 0 Å². The van der Waals surface area contributed by atoms with E-state index in [-0.39, 0.29) is 23.3 Å². The molecule has 2 aromatic carbocycles. The standard InChI is InChI=1S/C19H19N5O3/c1-14(16-9-6-10-17(11-16)24(26)27)22(2)19(25)18-13-23(21-20-18)12-15-7-4-3-5-8-15/h3-11,13-14H,12H2,1-2H3/t14-/m1/s1. The lowest BCUT2D eigenvalue weighted by atomic mass is 10.1. The van der Waals surface area contributed by atoms with E-state index in [9.17, 15) is 14.9 Å². The Morgan fingerprint density at radius 2 is 1.96 bits per heavy atom. The highest BCUT2D eigenvalue weighted by atomic mass is 16.6. The molecule has 0 saturated heterocycles. The maximum Gasteiger partial charge on any atom is 0.276 e. The van der Waals surface area contributed by atoms with Gasteiger partial charge in [-0.15, -0.1) is 5.10 Å². The smallest absolute Gasteiger partial charge is 0.276 e. The molecular weight excluding hydrogens is 346 g/mol. The van der Waals surface area contributed by atoms with Crippen molar-refractivity contribution >= 4 is 11.6 Å². The number of hydrogen-bond acceptors (Lipinski definition) is 5. The minimum Gasteiger partial charge on any atom is -0.333 e. The van der Waals surface area contributed by atoms with E-state index in [1.807, 2.05) is 37.3 Å². The lowest BCUT2D eigenvalue weighted by Crippen LogP contribution is -2.30. The lowest BCUT2D eigenvalue weighted by Gasteiger charge is -2.24. The average Bonchev–Trinajstić information content (AvgIpc) is 3.15. The number of carbonyl (C=O) groups excluding carboxylic acids is 1. The fourth-order valence-corrected chi connectivity index (χ4v) is 2.72. The monoisotopic (exact) mass is 365 g/mol. The minimum absolute atomic E-state index is 0.00555. The van der Waals surface area contributed by atoms with Crippen molar-refractivity contribution in [2.24, 2.45) is 0 Å². The first-order valence-electron chi connectivity index (χ1n) is 8.41. The van der Waals surface area contributed by atoms with Crippen molar-refractivity contribution in [2.45, 2.75) is 19.5 Å². The van der Waals surface area contributed by atoms with Crippen LogP contribution < -0.4 is 0 Å². The summed E-state index contributed by atoms with van der Waals surface area (Å²) >= 11 is 0. The largest absolute Gasteiger partial charge is 0.333 e. The Labute approximate surface area is 156 Å². The lowest BCUT2D eigenvalue weighted by molar-refractivity contribution is -0.384. The van der Waals surface area contributed by atoms with Gasteiger partial charge in [0.1, 0.15) is 0 Å². The third-order valence-electron chi connectivity index (χ3n) is 4.41. The number of hydrogen-bond donors (Lipinski definition) is 0. The van der Waals surface area contributed by atoms with Crippen molar-refractivity contribution < 1.29 is 9.72 Å². The highest BCUT2D eigenvalue weighted by molar-refractivity contribution is 5.92. The van der Waals surface area contributed by atoms with Gasteiger partial charge in [-0.1, -0.05) is 47.7 Å². The Balaban J connectivity index is 1.73. The molecular formula is C19H19N5O3. The van der Waals surface area contributed by atoms with Gasteiger partial charge in [0.2, 0.25) is 0 Å². The van der Waals surface area contributed by atoms with Crippen LogP contribution in [-0.2, 0) is 6.54 Å². The molecule has 1 amide bonds. The molecule has 0 aliphatic rings. The van der Waals surface area contributed by atoms with Gasteiger partial charge in [0.25, 0.3) is 11.6 Å². The molecule has 0 saturated carbocycles. The molecule has 1 aromatic heterocycles. The third-order valence-corrected chi connectivity index (χ3v) is 4.41. The van der Waals surface area contributed by atoms with Gasteiger partial charge in [-0.05, 0) is 18.1 Å². The number of nitro groups is 1. The van der Waals surface area contributed by atoms with E-state index in [0.29, 0.717) is 12.1 Å². The maximum absolute atomic E-state index is 12.7. The normalized spacial score (nSPS) is 11.8. The highest BCUT2D eigenvalue weighted by Gasteiger charge is 2.22. The third kappa shape index (κ3) is 4.17. The molecule has 0 bridgehead atoms. The molecule has 1 atom stereocenters. The first-order chi connectivity index (χ1) is 13.0. The number of aromatic nitrogens is 3. The topological polar surface area (TPSA) is 94.2 Å². The summed E-state index contributed by atoms with van der Waals surface area (Å²) < 4.78 is 1.61. The molecule has 0 unspecified atom stereocenters. The number of nitro benzene ring substituents is 1. The van der Waals surface area contributed by atoms with Crippen LogP contribution in [0.1, 0.15) is 34.6 Å². The van der Waals surface area contributed by atoms with E-state index >= 15 is 0 Å². The molecule has 3 rings (SSSR count). The van der Waals surface area contributed by atoms with Gasteiger partial charge in [0.15, 0.2) is 5.69 Å². The van der Waals surface area contributed by atoms with Crippen LogP contribution in [0.15, 0.2) is 60.8 Å². The molecule has 8 nitrogen and oxygen atoms in total. The van der Waals surface area contributed by atoms with Gasteiger partial charge in [0, 0.05) is 19.2 Å². The second-order valence-corrected chi connectivity index (χ2v) is 6.23. The van der Waals surface area contributed by atoms with E-state index in [2.05, 4.69) is 10.3 Å². The molecule has 0 aliphatic heterocycles. The highest BCUT2D eigenvalue weighted by Crippen LogP contribution is 2.24. The van der Waals surface area contributed by atoms with E-state index in [4.69, 9.17) is 0 Å². The SMILES string of the molecule is C[C@H](c1cccc([N+](=O)[O-])c1)N(C)C(=O)c1cn(Cc2ccccc2)nn1. The summed E-state index contributed by atoms with van der Waals surface area (Å²) in [5, 5.41) is 18.9. The molecule has 138 valence electrons. The van der Waals surface area contributed by atoms with Crippen molar-refractivity contribution in [1.82, 2.24) is 19.9 Å². The maximum atomic E-state index is 12.7. The van der Waals surface area contributed by atoms with Crippen LogP contribution >= 0.6 is 0 Å². The molecule has 0 aliphatic carbocycles. The Morgan fingerprint density at radius 1 is 1.22 bits per heavy atom. The quantitative estimate of drug-likeness (QED) is 0.494. The van der Waals surface area contributed by atoms with E-state index in [0.717, 1.165) is 5.56 Å². The van der Waals surface area contributed by atoms with Gasteiger partial charge in [-0.3, -0.25) is 14.9 Å². The number of amides is 1. The predicted molar refractivity (Wildman–Crippen MR) is 99.2 cm³/mol. The second kappa shape index (κ2) is 7.77. The molecule has 0 radical (unpaired) electrons. The number of non-ortho nitro benzene ring substituents is 1. The first-order valence-corrected chi connectivity index (χ1v) is 8.41. The Bertz CT molecular complexity index is 955. The van der Waals surface area contributed by atoms with Crippen LogP contribution in [0.2, 0.25) is 0 Å². The average molecular weight is 365 g/mol. The predicted octanol–water partition coefficient (Wildman–Crippen LogP) is 3.07. The van der Waals surface area contributed by atoms with E-state index < -0.39 is 4.92 Å². The molecule has 3 aromatic rings. The zero-order chi connectivity index (χ0) is 19.4. The molecule has 27 heavy (non-hydrogen) atoms. The van der Waals surface area contributed by atoms with Gasteiger partial charge >= 0.3 is 0 Å². The second-order valence-electron chi connectivity index (χ2n) is 6.23. The van der Waals surface area contributed by atoms with E-state index in [1.165, 1.54) is 17.0 Å². The molecule has 1 heterocycles. The number of rotatable bonds is 6. The molecule has 0 spiro atoms. The Morgan fingerprint density at radius 3 is 2.67 bits per heavy atom. The Kier molecular flexibility index (Phi) is 5.25. The fraction of sp³-hybridized carbons (Fsp3) is 0.211. The van der Waals surface area contributed by atoms with Crippen molar-refractivity contribution in [2.75, 3.05) is 7.05 Å². The van der Waals surface area contributed by atoms with Gasteiger partial charge in [-0.25, -0.2) is 4.68 Å². The van der Waals surface area contributed by atoms with Crippen molar-refractivity contribution in [3.63, 3.8) is 0 Å². The number of nitrogens with zero attached hydrogens (tertiary/aromatic N) is 5. The molecule has 8 heteroatoms. The zero-order valence-corrected chi connectivity index (χ0v) is 15.0. The summed E-state index contributed by atoms with van der Waals surface area (Å²) in [5.74, 6) is -0.298. The zero-order valence-electron chi connectivity index (χ0n) is 15.0. The van der Waals surface area contributed by atoms with Crippen LogP contribution in [0.25, 0.3) is 0 Å². The van der Waals surface area contributed by atoms with Crippen molar-refractivity contribution in [1.29, 1.82) is 0 Å². The fourth-order valence-electron chi connectivity index (χ4n) is 2.72.